The van der Waals surface area contributed by atoms with E-state index in [-0.39, 0.29) is 23.8 Å². The van der Waals surface area contributed by atoms with Gasteiger partial charge in [-0.05, 0) is 24.3 Å². The van der Waals surface area contributed by atoms with E-state index in [1.807, 2.05) is 4.90 Å². The Morgan fingerprint density at radius 1 is 1.10 bits per heavy atom. The van der Waals surface area contributed by atoms with Gasteiger partial charge in [0.05, 0.1) is 19.9 Å². The number of benzene rings is 1. The van der Waals surface area contributed by atoms with Crippen molar-refractivity contribution in [3.63, 3.8) is 0 Å². The second kappa shape index (κ2) is 7.92. The molecule has 29 heavy (non-hydrogen) atoms. The van der Waals surface area contributed by atoms with Gasteiger partial charge in [0, 0.05) is 31.6 Å². The second-order valence-corrected chi connectivity index (χ2v) is 6.79. The molecule has 3 heterocycles. The summed E-state index contributed by atoms with van der Waals surface area (Å²) in [5, 5.41) is 0.620. The lowest BCUT2D eigenvalue weighted by atomic mass is 10.1. The molecule has 4 rings (SSSR count). The average Bonchev–Trinajstić information content (AvgIpc) is 3.28. The van der Waals surface area contributed by atoms with Crippen LogP contribution in [0.3, 0.4) is 0 Å². The number of carbonyl (C=O) groups is 2. The Kier molecular flexibility index (Phi) is 5.18. The molecular formula is C21H20N2O6. The highest BCUT2D eigenvalue weighted by Crippen LogP contribution is 2.24. The van der Waals surface area contributed by atoms with Crippen LogP contribution in [0, 0.1) is 0 Å². The number of carbonyl (C=O) groups excluding carboxylic acids is 2. The van der Waals surface area contributed by atoms with E-state index in [9.17, 15) is 14.4 Å². The number of ether oxygens (including phenoxy) is 1. The van der Waals surface area contributed by atoms with Gasteiger partial charge in [-0.1, -0.05) is 12.1 Å². The quantitative estimate of drug-likeness (QED) is 0.481. The molecule has 0 aliphatic carbocycles. The molecule has 0 spiro atoms. The third-order valence-corrected chi connectivity index (χ3v) is 5.00. The fourth-order valence-electron chi connectivity index (χ4n) is 3.43. The number of rotatable bonds is 5. The number of methoxy groups -OCH3 is 1. The van der Waals surface area contributed by atoms with Crippen molar-refractivity contribution >= 4 is 22.7 Å². The summed E-state index contributed by atoms with van der Waals surface area (Å²) in [5.41, 5.74) is -0.383. The van der Waals surface area contributed by atoms with Crippen LogP contribution in [0.2, 0.25) is 0 Å². The molecule has 0 radical (unpaired) electrons. The summed E-state index contributed by atoms with van der Waals surface area (Å²) in [5.74, 6) is 0.292. The zero-order valence-electron chi connectivity index (χ0n) is 15.9. The van der Waals surface area contributed by atoms with E-state index in [0.29, 0.717) is 48.7 Å². The maximum absolute atomic E-state index is 12.9. The second-order valence-electron chi connectivity index (χ2n) is 6.79. The summed E-state index contributed by atoms with van der Waals surface area (Å²) in [4.78, 5) is 41.0. The van der Waals surface area contributed by atoms with Gasteiger partial charge in [0.2, 0.25) is 5.78 Å². The fourth-order valence-corrected chi connectivity index (χ4v) is 3.43. The molecule has 1 amide bonds. The normalized spacial score (nSPS) is 14.9. The molecule has 1 aromatic carbocycles. The van der Waals surface area contributed by atoms with Gasteiger partial charge in [0.15, 0.2) is 17.1 Å². The Morgan fingerprint density at radius 3 is 2.59 bits per heavy atom. The van der Waals surface area contributed by atoms with Crippen LogP contribution >= 0.6 is 0 Å². The van der Waals surface area contributed by atoms with Crippen molar-refractivity contribution in [1.82, 2.24) is 9.80 Å². The van der Waals surface area contributed by atoms with Gasteiger partial charge in [-0.3, -0.25) is 14.5 Å². The first kappa shape index (κ1) is 18.9. The third kappa shape index (κ3) is 3.79. The van der Waals surface area contributed by atoms with Crippen molar-refractivity contribution in [2.75, 3.05) is 39.8 Å². The van der Waals surface area contributed by atoms with Crippen molar-refractivity contribution in [2.24, 2.45) is 0 Å². The van der Waals surface area contributed by atoms with Crippen LogP contribution in [-0.2, 0) is 0 Å². The van der Waals surface area contributed by atoms with Gasteiger partial charge in [0.1, 0.15) is 5.56 Å². The van der Waals surface area contributed by atoms with Gasteiger partial charge in [-0.25, -0.2) is 4.79 Å². The van der Waals surface area contributed by atoms with Crippen molar-refractivity contribution in [2.45, 2.75) is 0 Å². The number of furan rings is 1. The van der Waals surface area contributed by atoms with E-state index in [4.69, 9.17) is 13.6 Å². The molecule has 0 N–H and O–H groups in total. The van der Waals surface area contributed by atoms with Crippen molar-refractivity contribution < 1.29 is 23.2 Å². The van der Waals surface area contributed by atoms with Crippen LogP contribution in [0.5, 0.6) is 5.75 Å². The Bertz CT molecular complexity index is 1090. The predicted octanol–water partition coefficient (Wildman–Crippen LogP) is 2.04. The van der Waals surface area contributed by atoms with Crippen molar-refractivity contribution in [3.05, 3.63) is 64.4 Å². The summed E-state index contributed by atoms with van der Waals surface area (Å²) >= 11 is 0. The molecular weight excluding hydrogens is 376 g/mol. The van der Waals surface area contributed by atoms with Crippen LogP contribution in [0.4, 0.5) is 0 Å². The maximum Gasteiger partial charge on any atom is 0.349 e. The Labute approximate surface area is 166 Å². The topological polar surface area (TPSA) is 93.2 Å². The fraction of sp³-hybridized carbons (Fsp3) is 0.286. The Hall–Kier alpha value is -3.39. The first-order valence-electron chi connectivity index (χ1n) is 9.26. The molecule has 150 valence electrons. The van der Waals surface area contributed by atoms with Gasteiger partial charge in [-0.2, -0.15) is 0 Å². The molecule has 8 nitrogen and oxygen atoms in total. The summed E-state index contributed by atoms with van der Waals surface area (Å²) in [6.45, 7) is 2.13. The summed E-state index contributed by atoms with van der Waals surface area (Å²) in [6, 6.07) is 10.1. The predicted molar refractivity (Wildman–Crippen MR) is 104 cm³/mol. The number of fused-ring (bicyclic) bond motifs is 1. The van der Waals surface area contributed by atoms with Crippen molar-refractivity contribution in [3.8, 4) is 5.75 Å². The Morgan fingerprint density at radius 2 is 1.90 bits per heavy atom. The van der Waals surface area contributed by atoms with E-state index >= 15 is 0 Å². The van der Waals surface area contributed by atoms with E-state index < -0.39 is 5.63 Å². The molecule has 1 saturated heterocycles. The van der Waals surface area contributed by atoms with E-state index in [1.54, 1.807) is 41.3 Å². The SMILES string of the molecule is COc1cccc2cc(C(=O)N3CCN(CC(=O)c4ccco4)CC3)c(=O)oc12. The molecule has 2 aromatic heterocycles. The lowest BCUT2D eigenvalue weighted by Gasteiger charge is -2.34. The molecule has 8 heteroatoms. The molecule has 0 atom stereocenters. The molecule has 0 saturated carbocycles. The van der Waals surface area contributed by atoms with Gasteiger partial charge < -0.3 is 18.5 Å². The van der Waals surface area contributed by atoms with Crippen LogP contribution < -0.4 is 10.4 Å². The highest BCUT2D eigenvalue weighted by atomic mass is 16.5. The number of piperazine rings is 1. The number of amides is 1. The molecule has 1 aliphatic heterocycles. The zero-order valence-corrected chi connectivity index (χ0v) is 15.9. The van der Waals surface area contributed by atoms with E-state index in [1.165, 1.54) is 13.4 Å². The smallest absolute Gasteiger partial charge is 0.349 e. The average molecular weight is 396 g/mol. The highest BCUT2D eigenvalue weighted by molar-refractivity contribution is 5.97. The minimum Gasteiger partial charge on any atom is -0.493 e. The largest absolute Gasteiger partial charge is 0.493 e. The van der Waals surface area contributed by atoms with Gasteiger partial charge in [-0.15, -0.1) is 0 Å². The molecule has 1 fully saturated rings. The Balaban J connectivity index is 1.45. The number of hydrogen-bond donors (Lipinski definition) is 0. The van der Waals surface area contributed by atoms with E-state index in [2.05, 4.69) is 0 Å². The highest BCUT2D eigenvalue weighted by Gasteiger charge is 2.26. The first-order valence-corrected chi connectivity index (χ1v) is 9.26. The monoisotopic (exact) mass is 396 g/mol. The standard InChI is InChI=1S/C21H20N2O6/c1-27-18-5-2-4-14-12-15(21(26)29-19(14)18)20(25)23-9-7-22(8-10-23)13-16(24)17-6-3-11-28-17/h2-6,11-12H,7-10,13H2,1H3. The maximum atomic E-state index is 12.9. The minimum absolute atomic E-state index is 0.00846. The molecule has 1 aliphatic rings. The number of ketones is 1. The molecule has 0 unspecified atom stereocenters. The first-order chi connectivity index (χ1) is 14.1. The molecule has 0 bridgehead atoms. The van der Waals surface area contributed by atoms with Gasteiger partial charge >= 0.3 is 5.63 Å². The number of hydrogen-bond acceptors (Lipinski definition) is 7. The van der Waals surface area contributed by atoms with Crippen LogP contribution in [-0.4, -0.2) is 61.3 Å². The van der Waals surface area contributed by atoms with Crippen molar-refractivity contribution in [1.29, 1.82) is 0 Å². The zero-order chi connectivity index (χ0) is 20.4. The number of Topliss-reactive ketones (excluding diaryl/α,β-unsaturated/α-hetero) is 1. The minimum atomic E-state index is -0.692. The third-order valence-electron chi connectivity index (χ3n) is 5.00. The van der Waals surface area contributed by atoms with Gasteiger partial charge in [0.25, 0.3) is 5.91 Å². The lowest BCUT2D eigenvalue weighted by molar-refractivity contribution is 0.0617. The van der Waals surface area contributed by atoms with Crippen LogP contribution in [0.1, 0.15) is 20.9 Å². The van der Waals surface area contributed by atoms with E-state index in [0.717, 1.165) is 0 Å². The summed E-state index contributed by atoms with van der Waals surface area (Å²) < 4.78 is 15.7. The number of nitrogens with zero attached hydrogens (tertiary/aromatic N) is 2. The summed E-state index contributed by atoms with van der Waals surface area (Å²) in [6.07, 6.45) is 1.47. The molecule has 3 aromatic rings. The van der Waals surface area contributed by atoms with Crippen LogP contribution in [0.15, 0.2) is 56.3 Å². The summed E-state index contributed by atoms with van der Waals surface area (Å²) in [7, 11) is 1.49. The number of para-hydroxylation sites is 1. The van der Waals surface area contributed by atoms with Crippen LogP contribution in [0.25, 0.3) is 11.0 Å². The lowest BCUT2D eigenvalue weighted by Crippen LogP contribution is -2.50.